The van der Waals surface area contributed by atoms with Crippen molar-refractivity contribution in [2.24, 2.45) is 5.92 Å². The lowest BCUT2D eigenvalue weighted by Crippen LogP contribution is -2.45. The van der Waals surface area contributed by atoms with Gasteiger partial charge in [-0.1, -0.05) is 13.3 Å². The summed E-state index contributed by atoms with van der Waals surface area (Å²) >= 11 is 0. The third-order valence-corrected chi connectivity index (χ3v) is 7.35. The molecule has 3 atom stereocenters. The van der Waals surface area contributed by atoms with Gasteiger partial charge in [0.1, 0.15) is 0 Å². The largest absolute Gasteiger partial charge is 0.481 e. The molecule has 1 aromatic heterocycles. The Kier molecular flexibility index (Phi) is 9.36. The quantitative estimate of drug-likeness (QED) is 0.369. The molecule has 2 amide bonds. The summed E-state index contributed by atoms with van der Waals surface area (Å²) < 4.78 is 11.0. The molecule has 2 aliphatic heterocycles. The molecule has 0 spiro atoms. The number of carboxylic acids is 1. The molecule has 3 N–H and O–H groups in total. The summed E-state index contributed by atoms with van der Waals surface area (Å²) in [7, 11) is 0. The Morgan fingerprint density at radius 1 is 1.26 bits per heavy atom. The SMILES string of the molecule is CCCCN(C(=O)CN1C[C@H](c2cc(CO)c3c(c2)OCO3)[C@@H](C(=O)O)[C@@H]1CCNC(C)=O)c1cccnc1. The van der Waals surface area contributed by atoms with Gasteiger partial charge in [0.05, 0.1) is 31.0 Å². The van der Waals surface area contributed by atoms with Crippen molar-refractivity contribution in [3.05, 3.63) is 47.8 Å². The minimum absolute atomic E-state index is 0.0149. The Balaban J connectivity index is 1.65. The predicted molar refractivity (Wildman–Crippen MR) is 143 cm³/mol. The van der Waals surface area contributed by atoms with Crippen molar-refractivity contribution in [1.29, 1.82) is 0 Å². The molecule has 2 aromatic rings. The first-order valence-corrected chi connectivity index (χ1v) is 13.3. The highest BCUT2D eigenvalue weighted by Gasteiger charge is 2.47. The standard InChI is InChI=1S/C28H36N4O7/c1-3-4-10-32(21-6-5-8-29-13-21)25(35)15-31-14-22(26(28(36)37)23(31)7-9-30-18(2)34)19-11-20(16-33)27-24(12-19)38-17-39-27/h5-6,8,11-13,22-23,26,33H,3-4,7,9-10,14-17H2,1-2H3,(H,30,34)(H,36,37)/t22-,23+,26-/m1/s1. The van der Waals surface area contributed by atoms with E-state index in [0.717, 1.165) is 12.8 Å². The molecule has 4 rings (SSSR count). The number of fused-ring (bicyclic) bond motifs is 1. The molecule has 0 unspecified atom stereocenters. The van der Waals surface area contributed by atoms with Gasteiger partial charge < -0.3 is 29.9 Å². The highest BCUT2D eigenvalue weighted by Crippen LogP contribution is 2.44. The van der Waals surface area contributed by atoms with E-state index in [4.69, 9.17) is 9.47 Å². The lowest BCUT2D eigenvalue weighted by atomic mass is 9.83. The summed E-state index contributed by atoms with van der Waals surface area (Å²) in [5.41, 5.74) is 1.92. The van der Waals surface area contributed by atoms with Crippen LogP contribution in [0.25, 0.3) is 0 Å². The number of aliphatic carboxylic acids is 1. The van der Waals surface area contributed by atoms with Crippen LogP contribution >= 0.6 is 0 Å². The molecule has 11 heteroatoms. The number of rotatable bonds is 12. The Morgan fingerprint density at radius 2 is 2.08 bits per heavy atom. The van der Waals surface area contributed by atoms with Crippen molar-refractivity contribution in [1.82, 2.24) is 15.2 Å². The second-order valence-corrected chi connectivity index (χ2v) is 9.92. The van der Waals surface area contributed by atoms with Crippen molar-refractivity contribution in [3.63, 3.8) is 0 Å². The van der Waals surface area contributed by atoms with Crippen LogP contribution in [0, 0.1) is 5.92 Å². The van der Waals surface area contributed by atoms with Crippen LogP contribution in [0.4, 0.5) is 5.69 Å². The number of aliphatic hydroxyl groups is 1. The molecular weight excluding hydrogens is 504 g/mol. The number of aromatic nitrogens is 1. The zero-order chi connectivity index (χ0) is 27.9. The lowest BCUT2D eigenvalue weighted by molar-refractivity contribution is -0.143. The fourth-order valence-corrected chi connectivity index (χ4v) is 5.51. The third kappa shape index (κ3) is 6.48. The number of carboxylic acid groups (broad SMARTS) is 1. The van der Waals surface area contributed by atoms with Crippen molar-refractivity contribution in [2.45, 2.75) is 51.7 Å². The average molecular weight is 541 g/mol. The van der Waals surface area contributed by atoms with Gasteiger partial charge in [-0.2, -0.15) is 0 Å². The van der Waals surface area contributed by atoms with Gasteiger partial charge in [0, 0.05) is 50.3 Å². The molecule has 2 aliphatic rings. The Labute approximate surface area is 227 Å². The minimum Gasteiger partial charge on any atom is -0.481 e. The van der Waals surface area contributed by atoms with Crippen LogP contribution in [0.2, 0.25) is 0 Å². The number of pyridine rings is 1. The van der Waals surface area contributed by atoms with E-state index in [1.165, 1.54) is 6.92 Å². The molecule has 1 saturated heterocycles. The van der Waals surface area contributed by atoms with E-state index in [1.807, 2.05) is 11.0 Å². The van der Waals surface area contributed by atoms with Gasteiger partial charge >= 0.3 is 5.97 Å². The Hall–Kier alpha value is -3.70. The van der Waals surface area contributed by atoms with Crippen LogP contribution in [0.3, 0.4) is 0 Å². The molecule has 3 heterocycles. The van der Waals surface area contributed by atoms with Crippen LogP contribution in [0.1, 0.15) is 50.2 Å². The van der Waals surface area contributed by atoms with Crippen LogP contribution in [-0.2, 0) is 21.0 Å². The molecule has 0 saturated carbocycles. The lowest BCUT2D eigenvalue weighted by Gasteiger charge is -2.29. The van der Waals surface area contributed by atoms with E-state index in [0.29, 0.717) is 47.8 Å². The van der Waals surface area contributed by atoms with Crippen LogP contribution in [0.15, 0.2) is 36.7 Å². The molecule has 0 radical (unpaired) electrons. The monoisotopic (exact) mass is 540 g/mol. The number of unbranched alkanes of at least 4 members (excludes halogenated alkanes) is 1. The van der Waals surface area contributed by atoms with Gasteiger partial charge in [-0.15, -0.1) is 0 Å². The van der Waals surface area contributed by atoms with E-state index >= 15 is 0 Å². The zero-order valence-electron chi connectivity index (χ0n) is 22.3. The summed E-state index contributed by atoms with van der Waals surface area (Å²) in [5, 5.41) is 23.1. The number of carbonyl (C=O) groups excluding carboxylic acids is 2. The number of nitrogens with one attached hydrogen (secondary N) is 1. The average Bonchev–Trinajstić information content (AvgIpc) is 3.53. The number of likely N-dealkylation sites (tertiary alicyclic amines) is 1. The maximum absolute atomic E-state index is 13.7. The van der Waals surface area contributed by atoms with Gasteiger partial charge in [-0.25, -0.2) is 0 Å². The normalized spacial score (nSPS) is 20.1. The highest BCUT2D eigenvalue weighted by atomic mass is 16.7. The topological polar surface area (TPSA) is 142 Å². The Bertz CT molecular complexity index is 1180. The second kappa shape index (κ2) is 12.9. The van der Waals surface area contributed by atoms with Gasteiger partial charge in [0.25, 0.3) is 0 Å². The minimum atomic E-state index is -0.985. The second-order valence-electron chi connectivity index (χ2n) is 9.92. The third-order valence-electron chi connectivity index (χ3n) is 7.35. The molecule has 1 fully saturated rings. The van der Waals surface area contributed by atoms with Crippen molar-refractivity contribution >= 4 is 23.5 Å². The fraction of sp³-hybridized carbons (Fsp3) is 0.500. The highest BCUT2D eigenvalue weighted by molar-refractivity contribution is 5.94. The van der Waals surface area contributed by atoms with Crippen LogP contribution in [0.5, 0.6) is 11.5 Å². The van der Waals surface area contributed by atoms with Crippen LogP contribution < -0.4 is 19.7 Å². The van der Waals surface area contributed by atoms with Crippen molar-refractivity contribution < 1.29 is 34.1 Å². The number of nitrogens with zero attached hydrogens (tertiary/aromatic N) is 3. The van der Waals surface area contributed by atoms with E-state index < -0.39 is 23.8 Å². The molecule has 11 nitrogen and oxygen atoms in total. The van der Waals surface area contributed by atoms with Gasteiger partial charge in [-0.3, -0.25) is 24.3 Å². The maximum Gasteiger partial charge on any atom is 0.308 e. The number of benzene rings is 1. The molecule has 210 valence electrons. The predicted octanol–water partition coefficient (Wildman–Crippen LogP) is 2.13. The Morgan fingerprint density at radius 3 is 2.74 bits per heavy atom. The first kappa shape index (κ1) is 28.3. The number of hydrogen-bond donors (Lipinski definition) is 3. The molecule has 0 bridgehead atoms. The number of ether oxygens (including phenoxy) is 2. The van der Waals surface area contributed by atoms with Crippen molar-refractivity contribution in [2.75, 3.05) is 37.9 Å². The van der Waals surface area contributed by atoms with Gasteiger partial charge in [0.15, 0.2) is 11.5 Å². The molecule has 0 aliphatic carbocycles. The summed E-state index contributed by atoms with van der Waals surface area (Å²) in [4.78, 5) is 45.7. The van der Waals surface area contributed by atoms with Gasteiger partial charge in [-0.05, 0) is 42.7 Å². The number of carbonyl (C=O) groups is 3. The number of amides is 2. The number of anilines is 1. The van der Waals surface area contributed by atoms with Crippen molar-refractivity contribution in [3.8, 4) is 11.5 Å². The van der Waals surface area contributed by atoms with E-state index in [1.54, 1.807) is 35.5 Å². The molecule has 1 aromatic carbocycles. The van der Waals surface area contributed by atoms with Gasteiger partial charge in [0.2, 0.25) is 18.6 Å². The summed E-state index contributed by atoms with van der Waals surface area (Å²) in [6.07, 6.45) is 5.39. The van der Waals surface area contributed by atoms with E-state index in [-0.39, 0.29) is 38.3 Å². The molecular formula is C28H36N4O7. The zero-order valence-corrected chi connectivity index (χ0v) is 22.3. The fourth-order valence-electron chi connectivity index (χ4n) is 5.51. The van der Waals surface area contributed by atoms with E-state index in [9.17, 15) is 24.6 Å². The number of aliphatic hydroxyl groups excluding tert-OH is 1. The van der Waals surface area contributed by atoms with Crippen LogP contribution in [-0.4, -0.2) is 76.9 Å². The number of hydrogen-bond acceptors (Lipinski definition) is 8. The summed E-state index contributed by atoms with van der Waals surface area (Å²) in [6.45, 7) is 4.35. The molecule has 39 heavy (non-hydrogen) atoms. The first-order chi connectivity index (χ1) is 18.8. The smallest absolute Gasteiger partial charge is 0.308 e. The first-order valence-electron chi connectivity index (χ1n) is 13.3. The summed E-state index contributed by atoms with van der Waals surface area (Å²) in [5.74, 6) is -1.73. The van der Waals surface area contributed by atoms with E-state index in [2.05, 4.69) is 17.2 Å². The maximum atomic E-state index is 13.7. The summed E-state index contributed by atoms with van der Waals surface area (Å²) in [6, 6.07) is 6.63.